The molecule has 6 heteroatoms. The Balaban J connectivity index is 1.56. The quantitative estimate of drug-likeness (QED) is 0.217. The summed E-state index contributed by atoms with van der Waals surface area (Å²) in [5.41, 5.74) is 0.423. The molecule has 228 valence electrons. The monoisotopic (exact) mass is 613 g/mol. The van der Waals surface area contributed by atoms with Gasteiger partial charge in [-0.2, -0.15) is 0 Å². The van der Waals surface area contributed by atoms with Crippen LogP contribution in [0.3, 0.4) is 0 Å². The van der Waals surface area contributed by atoms with Crippen LogP contribution in [0.25, 0.3) is 0 Å². The topological polar surface area (TPSA) is 55.4 Å². The van der Waals surface area contributed by atoms with Crippen LogP contribution in [0.2, 0.25) is 11.1 Å². The minimum absolute atomic E-state index is 0.0930. The van der Waals surface area contributed by atoms with E-state index in [1.807, 2.05) is 31.2 Å². The van der Waals surface area contributed by atoms with Gasteiger partial charge in [0.05, 0.1) is 17.4 Å². The second-order valence-corrected chi connectivity index (χ2v) is 20.7. The van der Waals surface area contributed by atoms with E-state index in [2.05, 4.69) is 86.2 Å². The summed E-state index contributed by atoms with van der Waals surface area (Å²) in [6.45, 7) is 9.16. The minimum Gasteiger partial charge on any atom is -0.469 e. The Hall–Kier alpha value is -2.54. The molecule has 4 fully saturated rings. The first-order valence-corrected chi connectivity index (χ1v) is 19.4. The summed E-state index contributed by atoms with van der Waals surface area (Å²) in [6, 6.07) is 30.4. The van der Waals surface area contributed by atoms with Crippen LogP contribution in [-0.4, -0.2) is 31.4 Å². The lowest BCUT2D eigenvalue weighted by atomic mass is 9.43. The van der Waals surface area contributed by atoms with Gasteiger partial charge in [-0.25, -0.2) is 8.93 Å². The van der Waals surface area contributed by atoms with Crippen molar-refractivity contribution in [2.45, 2.75) is 81.8 Å². The summed E-state index contributed by atoms with van der Waals surface area (Å²) >= 11 is 0. The van der Waals surface area contributed by atoms with Crippen LogP contribution >= 0.6 is 0 Å². The highest BCUT2D eigenvalue weighted by Crippen LogP contribution is 2.65. The summed E-state index contributed by atoms with van der Waals surface area (Å²) in [5.74, 6) is 1.76. The molecule has 2 atom stereocenters. The zero-order valence-corrected chi connectivity index (χ0v) is 28.2. The van der Waals surface area contributed by atoms with E-state index in [-0.39, 0.29) is 28.9 Å². The Labute approximate surface area is 261 Å². The molecule has 0 amide bonds. The maximum absolute atomic E-state index is 14.5. The van der Waals surface area contributed by atoms with E-state index < -0.39 is 24.5 Å². The number of benzene rings is 3. The van der Waals surface area contributed by atoms with Crippen LogP contribution in [0.5, 0.6) is 0 Å². The van der Waals surface area contributed by atoms with E-state index in [0.717, 1.165) is 42.2 Å². The van der Waals surface area contributed by atoms with Gasteiger partial charge >= 0.3 is 5.97 Å². The third kappa shape index (κ3) is 5.17. The van der Waals surface area contributed by atoms with Gasteiger partial charge in [0.25, 0.3) is 0 Å². The van der Waals surface area contributed by atoms with E-state index in [4.69, 9.17) is 4.74 Å². The lowest BCUT2D eigenvalue weighted by Gasteiger charge is -2.63. The van der Waals surface area contributed by atoms with Gasteiger partial charge in [-0.1, -0.05) is 110 Å². The molecule has 0 aromatic heterocycles. The SMILES string of the molecule is COC(=O)C1([C@H](C[Si](c2ccccc2)(c2ccccc2)C(C)(C)C)N[S@@](=O)c2ccc(C)cc2)C2CC3CC(C2)CC1C3. The third-order valence-corrected chi connectivity index (χ3v) is 18.8. The van der Waals surface area contributed by atoms with Crippen molar-refractivity contribution in [1.82, 2.24) is 4.72 Å². The first-order valence-electron chi connectivity index (χ1n) is 16.0. The molecule has 1 N–H and O–H groups in total. The average Bonchev–Trinajstić information content (AvgIpc) is 2.99. The van der Waals surface area contributed by atoms with E-state index in [9.17, 15) is 9.00 Å². The molecule has 4 saturated carbocycles. The summed E-state index contributed by atoms with van der Waals surface area (Å²) in [4.78, 5) is 15.2. The molecule has 0 radical (unpaired) electrons. The molecule has 4 aliphatic carbocycles. The van der Waals surface area contributed by atoms with Crippen molar-refractivity contribution in [3.05, 3.63) is 90.5 Å². The van der Waals surface area contributed by atoms with Crippen molar-refractivity contribution in [3.63, 3.8) is 0 Å². The van der Waals surface area contributed by atoms with Crippen molar-refractivity contribution in [2.24, 2.45) is 29.1 Å². The second-order valence-electron chi connectivity index (χ2n) is 14.6. The van der Waals surface area contributed by atoms with Crippen molar-refractivity contribution < 1.29 is 13.7 Å². The maximum Gasteiger partial charge on any atom is 0.313 e. The molecule has 7 rings (SSSR count). The molecule has 4 nitrogen and oxygen atoms in total. The van der Waals surface area contributed by atoms with Gasteiger partial charge < -0.3 is 4.74 Å². The summed E-state index contributed by atoms with van der Waals surface area (Å²) < 4.78 is 23.8. The zero-order chi connectivity index (χ0) is 30.4. The predicted octanol–water partition coefficient (Wildman–Crippen LogP) is 6.65. The Bertz CT molecular complexity index is 1380. The van der Waals surface area contributed by atoms with Gasteiger partial charge in [0.2, 0.25) is 0 Å². The van der Waals surface area contributed by atoms with Crippen molar-refractivity contribution in [1.29, 1.82) is 0 Å². The van der Waals surface area contributed by atoms with Gasteiger partial charge in [-0.15, -0.1) is 0 Å². The molecule has 0 heterocycles. The number of rotatable bonds is 9. The Morgan fingerprint density at radius 1 is 0.860 bits per heavy atom. The van der Waals surface area contributed by atoms with Crippen LogP contribution in [-0.2, 0) is 20.5 Å². The molecule has 0 unspecified atom stereocenters. The molecule has 3 aromatic rings. The number of hydrogen-bond donors (Lipinski definition) is 1. The molecule has 0 spiro atoms. The fourth-order valence-electron chi connectivity index (χ4n) is 9.68. The average molecular weight is 614 g/mol. The van der Waals surface area contributed by atoms with Crippen molar-refractivity contribution in [2.75, 3.05) is 7.11 Å². The minimum atomic E-state index is -2.64. The fraction of sp³-hybridized carbons (Fsp3) is 0.486. The van der Waals surface area contributed by atoms with Crippen LogP contribution in [0.15, 0.2) is 89.8 Å². The summed E-state index contributed by atoms with van der Waals surface area (Å²) in [7, 11) is -2.56. The molecule has 4 aliphatic rings. The van der Waals surface area contributed by atoms with Crippen molar-refractivity contribution in [3.8, 4) is 0 Å². The van der Waals surface area contributed by atoms with Gasteiger partial charge in [0, 0.05) is 6.04 Å². The number of methoxy groups -OCH3 is 1. The highest BCUT2D eigenvalue weighted by molar-refractivity contribution is 7.83. The first-order chi connectivity index (χ1) is 20.6. The Morgan fingerprint density at radius 2 is 1.35 bits per heavy atom. The van der Waals surface area contributed by atoms with Crippen LogP contribution in [0, 0.1) is 36.0 Å². The first kappa shape index (κ1) is 30.5. The largest absolute Gasteiger partial charge is 0.469 e. The highest BCUT2D eigenvalue weighted by atomic mass is 32.2. The third-order valence-electron chi connectivity index (χ3n) is 11.4. The molecule has 3 aromatic carbocycles. The number of ether oxygens (including phenoxy) is 1. The van der Waals surface area contributed by atoms with Gasteiger partial charge in [0.1, 0.15) is 19.1 Å². The Morgan fingerprint density at radius 3 is 1.79 bits per heavy atom. The van der Waals surface area contributed by atoms with Crippen LogP contribution in [0.4, 0.5) is 0 Å². The zero-order valence-electron chi connectivity index (χ0n) is 26.3. The van der Waals surface area contributed by atoms with Gasteiger partial charge in [-0.05, 0) is 85.9 Å². The molecular formula is C37H47NO3SSi. The normalized spacial score (nSPS) is 27.9. The smallest absolute Gasteiger partial charge is 0.313 e. The number of hydrogen-bond acceptors (Lipinski definition) is 3. The number of carbonyl (C=O) groups is 1. The standard InChI is InChI=1S/C37H47NO3SSi/c1-26-16-18-31(19-17-26)42(40)38-34(37(35(39)41-5)29-21-27-20-28(23-29)24-30(37)22-27)25-43(36(2,3)4,32-12-8-6-9-13-32)33-14-10-7-11-15-33/h6-19,27-30,34,38H,20-25H2,1-5H3/t27?,28?,29?,30?,34-,37?,42-/m0/s1. The number of aryl methyl sites for hydroxylation is 1. The molecular weight excluding hydrogens is 567 g/mol. The van der Waals surface area contributed by atoms with Gasteiger partial charge in [0.15, 0.2) is 0 Å². The maximum atomic E-state index is 14.5. The summed E-state index contributed by atoms with van der Waals surface area (Å²) in [5, 5.41) is 2.61. The molecule has 43 heavy (non-hydrogen) atoms. The number of nitrogens with one attached hydrogen (secondary N) is 1. The predicted molar refractivity (Wildman–Crippen MR) is 178 cm³/mol. The van der Waals surface area contributed by atoms with E-state index >= 15 is 0 Å². The van der Waals surface area contributed by atoms with Crippen molar-refractivity contribution >= 4 is 35.4 Å². The van der Waals surface area contributed by atoms with E-state index in [0.29, 0.717) is 11.8 Å². The van der Waals surface area contributed by atoms with Crippen LogP contribution < -0.4 is 15.1 Å². The molecule has 0 saturated heterocycles. The van der Waals surface area contributed by atoms with E-state index in [1.54, 1.807) is 7.11 Å². The summed E-state index contributed by atoms with van der Waals surface area (Å²) in [6.07, 6.45) is 5.57. The second kappa shape index (κ2) is 11.8. The molecule has 4 bridgehead atoms. The van der Waals surface area contributed by atoms with Crippen LogP contribution in [0.1, 0.15) is 58.4 Å². The highest BCUT2D eigenvalue weighted by Gasteiger charge is 2.66. The Kier molecular flexibility index (Phi) is 8.33. The molecule has 0 aliphatic heterocycles. The van der Waals surface area contributed by atoms with E-state index in [1.165, 1.54) is 16.8 Å². The number of carbonyl (C=O) groups excluding carboxylic acids is 1. The van der Waals surface area contributed by atoms with Gasteiger partial charge in [-0.3, -0.25) is 4.79 Å². The lowest BCUT2D eigenvalue weighted by Crippen LogP contribution is -2.71. The lowest BCUT2D eigenvalue weighted by molar-refractivity contribution is -0.185. The number of esters is 1. The fourth-order valence-corrected chi connectivity index (χ4v) is 16.6.